The summed E-state index contributed by atoms with van der Waals surface area (Å²) in [4.78, 5) is 13.4. The lowest BCUT2D eigenvalue weighted by Gasteiger charge is -2.21. The average molecular weight is 183 g/mol. The Morgan fingerprint density at radius 3 is 2.38 bits per heavy atom. The molecule has 1 aliphatic carbocycles. The summed E-state index contributed by atoms with van der Waals surface area (Å²) in [6, 6.07) is 0. The van der Waals surface area contributed by atoms with E-state index in [0.29, 0.717) is 18.2 Å². The summed E-state index contributed by atoms with van der Waals surface area (Å²) in [6.07, 6.45) is 7.41. The van der Waals surface area contributed by atoms with E-state index in [2.05, 4.69) is 0 Å². The highest BCUT2D eigenvalue weighted by atomic mass is 16.1. The first-order valence-corrected chi connectivity index (χ1v) is 5.35. The van der Waals surface area contributed by atoms with Gasteiger partial charge in [-0.25, -0.2) is 0 Å². The lowest BCUT2D eigenvalue weighted by molar-refractivity contribution is -0.120. The molecule has 0 heterocycles. The summed E-state index contributed by atoms with van der Waals surface area (Å²) in [5.74, 6) is 1.11. The van der Waals surface area contributed by atoms with Crippen LogP contribution in [0.15, 0.2) is 0 Å². The minimum Gasteiger partial charge on any atom is -0.302 e. The van der Waals surface area contributed by atoms with Crippen LogP contribution >= 0.6 is 0 Å². The summed E-state index contributed by atoms with van der Waals surface area (Å²) in [6.45, 7) is 0.622. The van der Waals surface area contributed by atoms with Gasteiger partial charge in [0.15, 0.2) is 0 Å². The van der Waals surface area contributed by atoms with Gasteiger partial charge in [-0.15, -0.1) is 0 Å². The maximum atomic E-state index is 11.5. The first-order chi connectivity index (χ1) is 6.18. The van der Waals surface area contributed by atoms with Gasteiger partial charge in [0.2, 0.25) is 0 Å². The van der Waals surface area contributed by atoms with Crippen LogP contribution in [0.3, 0.4) is 0 Å². The molecule has 0 aliphatic heterocycles. The number of carbonyl (C=O) groups excluding carboxylic acids is 1. The summed E-state index contributed by atoms with van der Waals surface area (Å²) in [5.41, 5.74) is 0. The van der Waals surface area contributed by atoms with Crippen molar-refractivity contribution >= 4 is 5.78 Å². The van der Waals surface area contributed by atoms with Crippen LogP contribution in [0.5, 0.6) is 0 Å². The second-order valence-corrected chi connectivity index (χ2v) is 4.48. The highest BCUT2D eigenvalue weighted by molar-refractivity contribution is 5.80. The highest BCUT2D eigenvalue weighted by Gasteiger charge is 2.16. The standard InChI is InChI=1S/C11H21NO/c1-12(2)9-11(13)8-10-6-4-3-5-7-10/h10H,3-9H2,1-2H3. The van der Waals surface area contributed by atoms with E-state index in [0.717, 1.165) is 6.42 Å². The fourth-order valence-electron chi connectivity index (χ4n) is 2.13. The predicted molar refractivity (Wildman–Crippen MR) is 54.8 cm³/mol. The van der Waals surface area contributed by atoms with Crippen molar-refractivity contribution in [2.24, 2.45) is 5.92 Å². The van der Waals surface area contributed by atoms with Crippen molar-refractivity contribution in [1.82, 2.24) is 4.90 Å². The number of Topliss-reactive ketones (excluding diaryl/α,β-unsaturated/α-hetero) is 1. The van der Waals surface area contributed by atoms with Crippen LogP contribution in [-0.4, -0.2) is 31.3 Å². The average Bonchev–Trinajstić information content (AvgIpc) is 2.04. The molecule has 0 aromatic heterocycles. The van der Waals surface area contributed by atoms with Gasteiger partial charge >= 0.3 is 0 Å². The molecular weight excluding hydrogens is 162 g/mol. The lowest BCUT2D eigenvalue weighted by Crippen LogP contribution is -2.24. The Morgan fingerprint density at radius 2 is 1.85 bits per heavy atom. The highest BCUT2D eigenvalue weighted by Crippen LogP contribution is 2.26. The van der Waals surface area contributed by atoms with Crippen molar-refractivity contribution in [3.63, 3.8) is 0 Å². The second kappa shape index (κ2) is 5.38. The van der Waals surface area contributed by atoms with Gasteiger partial charge < -0.3 is 4.90 Å². The fourth-order valence-corrected chi connectivity index (χ4v) is 2.13. The molecule has 0 saturated heterocycles. The molecule has 0 unspecified atom stereocenters. The molecule has 1 rings (SSSR count). The molecule has 2 heteroatoms. The van der Waals surface area contributed by atoms with Gasteiger partial charge in [-0.2, -0.15) is 0 Å². The van der Waals surface area contributed by atoms with Gasteiger partial charge in [0.05, 0.1) is 6.54 Å². The summed E-state index contributed by atoms with van der Waals surface area (Å²) >= 11 is 0. The SMILES string of the molecule is CN(C)CC(=O)CC1CCCCC1. The van der Waals surface area contributed by atoms with Crippen LogP contribution in [0.2, 0.25) is 0 Å². The van der Waals surface area contributed by atoms with Crippen molar-refractivity contribution in [3.8, 4) is 0 Å². The number of likely N-dealkylation sites (N-methyl/N-ethyl adjacent to an activating group) is 1. The Kier molecular flexibility index (Phi) is 4.43. The van der Waals surface area contributed by atoms with E-state index in [1.54, 1.807) is 0 Å². The van der Waals surface area contributed by atoms with Crippen LogP contribution in [0, 0.1) is 5.92 Å². The number of carbonyl (C=O) groups is 1. The van der Waals surface area contributed by atoms with E-state index >= 15 is 0 Å². The maximum absolute atomic E-state index is 11.5. The van der Waals surface area contributed by atoms with Crippen molar-refractivity contribution in [2.75, 3.05) is 20.6 Å². The molecule has 1 saturated carbocycles. The molecule has 0 amide bonds. The van der Waals surface area contributed by atoms with Crippen LogP contribution in [0.1, 0.15) is 38.5 Å². The van der Waals surface area contributed by atoms with E-state index in [4.69, 9.17) is 0 Å². The molecule has 0 bridgehead atoms. The first kappa shape index (κ1) is 10.7. The van der Waals surface area contributed by atoms with Crippen LogP contribution in [-0.2, 0) is 4.79 Å². The van der Waals surface area contributed by atoms with E-state index in [1.165, 1.54) is 32.1 Å². The molecule has 13 heavy (non-hydrogen) atoms. The topological polar surface area (TPSA) is 20.3 Å². The Hall–Kier alpha value is -0.370. The molecule has 0 N–H and O–H groups in total. The monoisotopic (exact) mass is 183 g/mol. The van der Waals surface area contributed by atoms with E-state index in [9.17, 15) is 4.79 Å². The van der Waals surface area contributed by atoms with Crippen molar-refractivity contribution < 1.29 is 4.79 Å². The van der Waals surface area contributed by atoms with E-state index in [1.807, 2.05) is 19.0 Å². The quantitative estimate of drug-likeness (QED) is 0.665. The minimum atomic E-state index is 0.414. The molecule has 2 nitrogen and oxygen atoms in total. The molecule has 0 atom stereocenters. The van der Waals surface area contributed by atoms with E-state index in [-0.39, 0.29) is 0 Å². The molecule has 1 fully saturated rings. The normalized spacial score (nSPS) is 19.3. The summed E-state index contributed by atoms with van der Waals surface area (Å²) < 4.78 is 0. The Morgan fingerprint density at radius 1 is 1.23 bits per heavy atom. The van der Waals surface area contributed by atoms with Crippen molar-refractivity contribution in [1.29, 1.82) is 0 Å². The summed E-state index contributed by atoms with van der Waals surface area (Å²) in [7, 11) is 3.91. The number of ketones is 1. The van der Waals surface area contributed by atoms with Gasteiger partial charge in [-0.1, -0.05) is 32.1 Å². The number of hydrogen-bond acceptors (Lipinski definition) is 2. The Bertz CT molecular complexity index is 159. The Balaban J connectivity index is 2.18. The third-order valence-corrected chi connectivity index (χ3v) is 2.73. The molecule has 0 aromatic carbocycles. The molecule has 1 aliphatic rings. The molecule has 76 valence electrons. The Labute approximate surface area is 81.3 Å². The van der Waals surface area contributed by atoms with Gasteiger partial charge in [0.25, 0.3) is 0 Å². The third-order valence-electron chi connectivity index (χ3n) is 2.73. The zero-order chi connectivity index (χ0) is 9.68. The predicted octanol–water partition coefficient (Wildman–Crippen LogP) is 2.09. The maximum Gasteiger partial charge on any atom is 0.147 e. The van der Waals surface area contributed by atoms with Crippen molar-refractivity contribution in [2.45, 2.75) is 38.5 Å². The molecular formula is C11H21NO. The minimum absolute atomic E-state index is 0.414. The van der Waals surface area contributed by atoms with Gasteiger partial charge in [-0.3, -0.25) is 4.79 Å². The second-order valence-electron chi connectivity index (χ2n) is 4.48. The number of nitrogens with zero attached hydrogens (tertiary/aromatic N) is 1. The van der Waals surface area contributed by atoms with Crippen molar-refractivity contribution in [3.05, 3.63) is 0 Å². The lowest BCUT2D eigenvalue weighted by atomic mass is 9.86. The molecule has 0 spiro atoms. The fraction of sp³-hybridized carbons (Fsp3) is 0.909. The third kappa shape index (κ3) is 4.41. The van der Waals surface area contributed by atoms with E-state index < -0.39 is 0 Å². The summed E-state index contributed by atoms with van der Waals surface area (Å²) in [5, 5.41) is 0. The first-order valence-electron chi connectivity index (χ1n) is 5.35. The van der Waals surface area contributed by atoms with Crippen LogP contribution in [0.4, 0.5) is 0 Å². The smallest absolute Gasteiger partial charge is 0.147 e. The van der Waals surface area contributed by atoms with Gasteiger partial charge in [0.1, 0.15) is 5.78 Å². The number of hydrogen-bond donors (Lipinski definition) is 0. The number of rotatable bonds is 4. The zero-order valence-electron chi connectivity index (χ0n) is 8.88. The molecule has 0 aromatic rings. The van der Waals surface area contributed by atoms with Gasteiger partial charge in [0, 0.05) is 6.42 Å². The van der Waals surface area contributed by atoms with Gasteiger partial charge in [-0.05, 0) is 20.0 Å². The zero-order valence-corrected chi connectivity index (χ0v) is 8.88. The molecule has 0 radical (unpaired) electrons. The van der Waals surface area contributed by atoms with Crippen LogP contribution < -0.4 is 0 Å². The largest absolute Gasteiger partial charge is 0.302 e. The van der Waals surface area contributed by atoms with Crippen LogP contribution in [0.25, 0.3) is 0 Å².